The molecular weight excluding hydrogens is 342 g/mol. The molecule has 3 rings (SSSR count). The van der Waals surface area contributed by atoms with Gasteiger partial charge in [-0.05, 0) is 43.9 Å². The smallest absolute Gasteiger partial charge is 0.234 e. The van der Waals surface area contributed by atoms with Gasteiger partial charge in [0.15, 0.2) is 0 Å². The fourth-order valence-electron chi connectivity index (χ4n) is 3.80. The molecule has 1 aromatic carbocycles. The number of amides is 3. The van der Waals surface area contributed by atoms with E-state index in [4.69, 9.17) is 0 Å². The van der Waals surface area contributed by atoms with E-state index < -0.39 is 5.41 Å². The zero-order valence-corrected chi connectivity index (χ0v) is 16.5. The highest BCUT2D eigenvalue weighted by atomic mass is 16.2. The standard InChI is InChI=1S/C21H29N3O3/c1-4-6-18(25)23-9-5-10-24(12-11-23)19(26)14-15-7-8-17-16(13-15)21(2,3)20(27)22-17/h7-8,13H,4-6,9-12,14H2,1-3H3,(H,22,27). The fourth-order valence-corrected chi connectivity index (χ4v) is 3.80. The van der Waals surface area contributed by atoms with E-state index in [0.29, 0.717) is 32.5 Å². The SMILES string of the molecule is CCCC(=O)N1CCCN(C(=O)Cc2ccc3c(c2)C(C)(C)C(=O)N3)CC1. The van der Waals surface area contributed by atoms with Crippen LogP contribution in [-0.4, -0.2) is 53.7 Å². The van der Waals surface area contributed by atoms with Gasteiger partial charge in [-0.25, -0.2) is 0 Å². The van der Waals surface area contributed by atoms with E-state index in [-0.39, 0.29) is 17.7 Å². The van der Waals surface area contributed by atoms with Gasteiger partial charge in [0, 0.05) is 38.3 Å². The van der Waals surface area contributed by atoms with Gasteiger partial charge in [0.2, 0.25) is 17.7 Å². The van der Waals surface area contributed by atoms with Gasteiger partial charge in [0.25, 0.3) is 0 Å². The van der Waals surface area contributed by atoms with E-state index in [9.17, 15) is 14.4 Å². The van der Waals surface area contributed by atoms with Gasteiger partial charge < -0.3 is 15.1 Å². The molecule has 1 N–H and O–H groups in total. The number of nitrogens with one attached hydrogen (secondary N) is 1. The molecule has 2 heterocycles. The molecule has 1 aromatic rings. The van der Waals surface area contributed by atoms with Crippen molar-refractivity contribution >= 4 is 23.4 Å². The highest BCUT2D eigenvalue weighted by molar-refractivity contribution is 6.05. The lowest BCUT2D eigenvalue weighted by molar-refractivity contribution is -0.133. The molecule has 0 bridgehead atoms. The predicted octanol–water partition coefficient (Wildman–Crippen LogP) is 2.32. The second-order valence-corrected chi connectivity index (χ2v) is 8.00. The molecule has 0 unspecified atom stereocenters. The lowest BCUT2D eigenvalue weighted by Gasteiger charge is -2.22. The van der Waals surface area contributed by atoms with Crippen molar-refractivity contribution < 1.29 is 14.4 Å². The number of hydrogen-bond donors (Lipinski definition) is 1. The van der Waals surface area contributed by atoms with Crippen molar-refractivity contribution in [3.63, 3.8) is 0 Å². The second kappa shape index (κ2) is 7.71. The molecule has 1 saturated heterocycles. The van der Waals surface area contributed by atoms with Crippen molar-refractivity contribution in [3.8, 4) is 0 Å². The van der Waals surface area contributed by atoms with Gasteiger partial charge in [0.05, 0.1) is 11.8 Å². The average Bonchev–Trinajstić information content (AvgIpc) is 2.81. The van der Waals surface area contributed by atoms with Gasteiger partial charge in [-0.15, -0.1) is 0 Å². The quantitative estimate of drug-likeness (QED) is 0.883. The Balaban J connectivity index is 1.64. The molecule has 2 aliphatic rings. The summed E-state index contributed by atoms with van der Waals surface area (Å²) >= 11 is 0. The minimum Gasteiger partial charge on any atom is -0.341 e. The van der Waals surface area contributed by atoms with Gasteiger partial charge in [0.1, 0.15) is 0 Å². The average molecular weight is 371 g/mol. The summed E-state index contributed by atoms with van der Waals surface area (Å²) in [6.45, 7) is 8.42. The van der Waals surface area contributed by atoms with Crippen LogP contribution in [0.3, 0.4) is 0 Å². The minimum absolute atomic E-state index is 0.00895. The summed E-state index contributed by atoms with van der Waals surface area (Å²) in [7, 11) is 0. The van der Waals surface area contributed by atoms with E-state index in [2.05, 4.69) is 5.32 Å². The topological polar surface area (TPSA) is 69.7 Å². The summed E-state index contributed by atoms with van der Waals surface area (Å²) in [6, 6.07) is 5.77. The highest BCUT2D eigenvalue weighted by Crippen LogP contribution is 2.37. The molecule has 0 aliphatic carbocycles. The third-order valence-electron chi connectivity index (χ3n) is 5.59. The van der Waals surface area contributed by atoms with Crippen LogP contribution < -0.4 is 5.32 Å². The third kappa shape index (κ3) is 3.99. The van der Waals surface area contributed by atoms with Crippen LogP contribution in [0.15, 0.2) is 18.2 Å². The number of carbonyl (C=O) groups is 3. The number of hydrogen-bond acceptors (Lipinski definition) is 3. The molecule has 6 nitrogen and oxygen atoms in total. The van der Waals surface area contributed by atoms with Crippen molar-refractivity contribution in [3.05, 3.63) is 29.3 Å². The van der Waals surface area contributed by atoms with Gasteiger partial charge in [-0.2, -0.15) is 0 Å². The van der Waals surface area contributed by atoms with Crippen LogP contribution in [0.5, 0.6) is 0 Å². The van der Waals surface area contributed by atoms with Crippen LogP contribution >= 0.6 is 0 Å². The summed E-state index contributed by atoms with van der Waals surface area (Å²) in [5, 5.41) is 2.89. The number of rotatable bonds is 4. The second-order valence-electron chi connectivity index (χ2n) is 8.00. The van der Waals surface area contributed by atoms with Crippen LogP contribution in [0.2, 0.25) is 0 Å². The Kier molecular flexibility index (Phi) is 5.53. The number of carbonyl (C=O) groups excluding carboxylic acids is 3. The third-order valence-corrected chi connectivity index (χ3v) is 5.59. The van der Waals surface area contributed by atoms with Crippen LogP contribution in [0.25, 0.3) is 0 Å². The van der Waals surface area contributed by atoms with Gasteiger partial charge >= 0.3 is 0 Å². The largest absolute Gasteiger partial charge is 0.341 e. The van der Waals surface area contributed by atoms with Crippen molar-refractivity contribution in [2.45, 2.75) is 51.9 Å². The van der Waals surface area contributed by atoms with E-state index >= 15 is 0 Å². The monoisotopic (exact) mass is 371 g/mol. The predicted molar refractivity (Wildman–Crippen MR) is 104 cm³/mol. The van der Waals surface area contributed by atoms with Crippen LogP contribution in [0.4, 0.5) is 5.69 Å². The first-order valence-electron chi connectivity index (χ1n) is 9.83. The van der Waals surface area contributed by atoms with E-state index in [0.717, 1.165) is 36.2 Å². The molecule has 6 heteroatoms. The number of nitrogens with zero attached hydrogens (tertiary/aromatic N) is 2. The molecule has 1 fully saturated rings. The molecule has 3 amide bonds. The Morgan fingerprint density at radius 2 is 1.74 bits per heavy atom. The summed E-state index contributed by atoms with van der Waals surface area (Å²) in [5.74, 6) is 0.255. The molecule has 0 atom stereocenters. The minimum atomic E-state index is -0.572. The van der Waals surface area contributed by atoms with E-state index in [1.54, 1.807) is 0 Å². The Labute approximate surface area is 160 Å². The lowest BCUT2D eigenvalue weighted by atomic mass is 9.85. The van der Waals surface area contributed by atoms with Crippen molar-refractivity contribution in [1.82, 2.24) is 9.80 Å². The van der Waals surface area contributed by atoms with Crippen molar-refractivity contribution in [2.24, 2.45) is 0 Å². The molecule has 146 valence electrons. The lowest BCUT2D eigenvalue weighted by Crippen LogP contribution is -2.37. The Morgan fingerprint density at radius 1 is 1.07 bits per heavy atom. The molecule has 27 heavy (non-hydrogen) atoms. The zero-order chi connectivity index (χ0) is 19.6. The first kappa shape index (κ1) is 19.4. The highest BCUT2D eigenvalue weighted by Gasteiger charge is 2.38. The first-order valence-corrected chi connectivity index (χ1v) is 9.83. The summed E-state index contributed by atoms with van der Waals surface area (Å²) < 4.78 is 0. The Bertz CT molecular complexity index is 757. The maximum Gasteiger partial charge on any atom is 0.234 e. The van der Waals surface area contributed by atoms with Crippen LogP contribution in [0, 0.1) is 0 Å². The van der Waals surface area contributed by atoms with Gasteiger partial charge in [-0.1, -0.05) is 19.1 Å². The van der Waals surface area contributed by atoms with Crippen LogP contribution in [0.1, 0.15) is 51.2 Å². The molecule has 2 aliphatic heterocycles. The number of benzene rings is 1. The molecule has 0 saturated carbocycles. The number of anilines is 1. The van der Waals surface area contributed by atoms with Crippen molar-refractivity contribution in [2.75, 3.05) is 31.5 Å². The van der Waals surface area contributed by atoms with Crippen LogP contribution in [-0.2, 0) is 26.2 Å². The summed E-state index contributed by atoms with van der Waals surface area (Å²) in [4.78, 5) is 40.7. The van der Waals surface area contributed by atoms with Crippen molar-refractivity contribution in [1.29, 1.82) is 0 Å². The summed E-state index contributed by atoms with van der Waals surface area (Å²) in [6.07, 6.45) is 2.56. The molecule has 0 spiro atoms. The summed E-state index contributed by atoms with van der Waals surface area (Å²) in [5.41, 5.74) is 2.13. The molecular formula is C21H29N3O3. The fraction of sp³-hybridized carbons (Fsp3) is 0.571. The first-order chi connectivity index (χ1) is 12.8. The maximum atomic E-state index is 12.8. The normalized spacial score (nSPS) is 18.7. The Hall–Kier alpha value is -2.37. The maximum absolute atomic E-state index is 12.8. The molecule has 0 aromatic heterocycles. The zero-order valence-electron chi connectivity index (χ0n) is 16.5. The Morgan fingerprint density at radius 3 is 2.41 bits per heavy atom. The van der Waals surface area contributed by atoms with E-state index in [1.165, 1.54) is 0 Å². The van der Waals surface area contributed by atoms with Gasteiger partial charge in [-0.3, -0.25) is 14.4 Å². The molecule has 0 radical (unpaired) electrons. The van der Waals surface area contributed by atoms with E-state index in [1.807, 2.05) is 48.8 Å². The number of fused-ring (bicyclic) bond motifs is 1.